The number of aromatic nitrogens is 3. The summed E-state index contributed by atoms with van der Waals surface area (Å²) in [6.07, 6.45) is 4.55. The van der Waals surface area contributed by atoms with Gasteiger partial charge < -0.3 is 9.80 Å². The topological polar surface area (TPSA) is 74.6 Å². The molecule has 8 nitrogen and oxygen atoms in total. The number of likely N-dealkylation sites (N-methyl/N-ethyl adjacent to an activating group) is 1. The highest BCUT2D eigenvalue weighted by atomic mass is 35.5. The fourth-order valence-corrected chi connectivity index (χ4v) is 5.53. The van der Waals surface area contributed by atoms with E-state index in [1.54, 1.807) is 19.0 Å². The molecule has 2 aromatic rings. The van der Waals surface area contributed by atoms with Crippen LogP contribution < -0.4 is 0 Å². The third kappa shape index (κ3) is 5.70. The van der Waals surface area contributed by atoms with Crippen molar-refractivity contribution < 1.29 is 9.59 Å². The predicted octanol–water partition coefficient (Wildman–Crippen LogP) is 3.04. The van der Waals surface area contributed by atoms with E-state index in [0.717, 1.165) is 29.4 Å². The number of piperazine rings is 1. The van der Waals surface area contributed by atoms with E-state index >= 15 is 0 Å². The molecule has 1 aromatic carbocycles. The summed E-state index contributed by atoms with van der Waals surface area (Å²) in [6.45, 7) is 3.11. The summed E-state index contributed by atoms with van der Waals surface area (Å²) in [5, 5.41) is 10.4. The molecule has 2 aliphatic rings. The van der Waals surface area contributed by atoms with Crippen LogP contribution in [0.15, 0.2) is 29.4 Å². The summed E-state index contributed by atoms with van der Waals surface area (Å²) < 4.78 is 2.19. The van der Waals surface area contributed by atoms with Gasteiger partial charge in [0.25, 0.3) is 0 Å². The first-order valence-electron chi connectivity index (χ1n) is 11.5. The summed E-state index contributed by atoms with van der Waals surface area (Å²) in [4.78, 5) is 30.4. The van der Waals surface area contributed by atoms with Gasteiger partial charge in [0, 0.05) is 51.9 Å². The summed E-state index contributed by atoms with van der Waals surface area (Å²) in [7, 11) is 3.53. The lowest BCUT2D eigenvalue weighted by Gasteiger charge is -2.34. The summed E-state index contributed by atoms with van der Waals surface area (Å²) >= 11 is 7.91. The van der Waals surface area contributed by atoms with E-state index in [0.29, 0.717) is 49.5 Å². The molecule has 2 fully saturated rings. The van der Waals surface area contributed by atoms with Crippen LogP contribution in [0.25, 0.3) is 11.4 Å². The first kappa shape index (κ1) is 24.0. The Morgan fingerprint density at radius 3 is 2.45 bits per heavy atom. The van der Waals surface area contributed by atoms with Crippen molar-refractivity contribution >= 4 is 35.2 Å². The third-order valence-corrected chi connectivity index (χ3v) is 7.63. The maximum Gasteiger partial charge on any atom is 0.236 e. The molecule has 10 heteroatoms. The Bertz CT molecular complexity index is 983. The van der Waals surface area contributed by atoms with Gasteiger partial charge in [-0.1, -0.05) is 48.3 Å². The molecule has 4 rings (SSSR count). The summed E-state index contributed by atoms with van der Waals surface area (Å²) in [5.41, 5.74) is 0.875. The van der Waals surface area contributed by atoms with Gasteiger partial charge in [-0.05, 0) is 25.0 Å². The number of hydrogen-bond donors (Lipinski definition) is 0. The molecule has 2 amide bonds. The fourth-order valence-electron chi connectivity index (χ4n) is 4.40. The van der Waals surface area contributed by atoms with E-state index in [4.69, 9.17) is 11.6 Å². The van der Waals surface area contributed by atoms with Crippen LogP contribution in [-0.4, -0.2) is 93.9 Å². The van der Waals surface area contributed by atoms with Crippen molar-refractivity contribution in [3.8, 4) is 11.4 Å². The standard InChI is InChI=1S/C23H31ClN6O2S/c1-27(2)20(31)15-28-11-13-29(14-12-28)21(32)16-33-23-26-25-22(18-9-5-6-10-19(18)24)30(23)17-7-3-4-8-17/h5-6,9-10,17H,3-4,7-8,11-16H2,1-2H3. The van der Waals surface area contributed by atoms with Crippen LogP contribution in [0.4, 0.5) is 0 Å². The minimum atomic E-state index is 0.0888. The first-order chi connectivity index (χ1) is 15.9. The Morgan fingerprint density at radius 1 is 1.09 bits per heavy atom. The molecule has 33 heavy (non-hydrogen) atoms. The average molecular weight is 491 g/mol. The van der Waals surface area contributed by atoms with Gasteiger partial charge in [0.1, 0.15) is 0 Å². The van der Waals surface area contributed by atoms with E-state index in [1.807, 2.05) is 29.2 Å². The zero-order valence-electron chi connectivity index (χ0n) is 19.2. The molecule has 0 atom stereocenters. The normalized spacial score (nSPS) is 17.5. The number of rotatable bonds is 7. The number of hydrogen-bond acceptors (Lipinski definition) is 6. The van der Waals surface area contributed by atoms with Crippen LogP contribution in [0.1, 0.15) is 31.7 Å². The molecular formula is C23H31ClN6O2S. The molecule has 1 aliphatic heterocycles. The number of benzene rings is 1. The van der Waals surface area contributed by atoms with Crippen LogP contribution in [0.2, 0.25) is 5.02 Å². The molecule has 0 unspecified atom stereocenters. The summed E-state index contributed by atoms with van der Waals surface area (Å²) in [5.74, 6) is 1.29. The second kappa shape index (κ2) is 10.9. The molecule has 0 bridgehead atoms. The molecule has 2 heterocycles. The van der Waals surface area contributed by atoms with Crippen molar-refractivity contribution in [2.45, 2.75) is 36.9 Å². The number of nitrogens with zero attached hydrogens (tertiary/aromatic N) is 6. The van der Waals surface area contributed by atoms with Gasteiger partial charge >= 0.3 is 0 Å². The lowest BCUT2D eigenvalue weighted by atomic mass is 10.2. The van der Waals surface area contributed by atoms with Gasteiger partial charge in [0.2, 0.25) is 11.8 Å². The van der Waals surface area contributed by atoms with Gasteiger partial charge in [0.15, 0.2) is 11.0 Å². The van der Waals surface area contributed by atoms with E-state index in [9.17, 15) is 9.59 Å². The van der Waals surface area contributed by atoms with Gasteiger partial charge in [-0.3, -0.25) is 19.1 Å². The molecular weight excluding hydrogens is 460 g/mol. The lowest BCUT2D eigenvalue weighted by molar-refractivity contribution is -0.132. The monoisotopic (exact) mass is 490 g/mol. The maximum absolute atomic E-state index is 12.9. The van der Waals surface area contributed by atoms with Crippen molar-refractivity contribution in [2.75, 3.05) is 52.6 Å². The van der Waals surface area contributed by atoms with Crippen LogP contribution >= 0.6 is 23.4 Å². The van der Waals surface area contributed by atoms with Gasteiger partial charge in [0.05, 0.1) is 17.3 Å². The molecule has 178 valence electrons. The lowest BCUT2D eigenvalue weighted by Crippen LogP contribution is -2.51. The Labute approximate surface area is 204 Å². The number of amides is 2. The molecule has 1 saturated carbocycles. The van der Waals surface area contributed by atoms with Crippen LogP contribution in [-0.2, 0) is 9.59 Å². The Hall–Kier alpha value is -2.10. The zero-order valence-corrected chi connectivity index (χ0v) is 20.8. The first-order valence-corrected chi connectivity index (χ1v) is 12.8. The highest BCUT2D eigenvalue weighted by Gasteiger charge is 2.27. The van der Waals surface area contributed by atoms with E-state index < -0.39 is 0 Å². The molecule has 1 aromatic heterocycles. The van der Waals surface area contributed by atoms with Gasteiger partial charge in [-0.2, -0.15) is 0 Å². The van der Waals surface area contributed by atoms with Crippen molar-refractivity contribution in [2.24, 2.45) is 0 Å². The Morgan fingerprint density at radius 2 is 1.79 bits per heavy atom. The minimum absolute atomic E-state index is 0.0888. The average Bonchev–Trinajstić information content (AvgIpc) is 3.48. The minimum Gasteiger partial charge on any atom is -0.348 e. The van der Waals surface area contributed by atoms with Crippen LogP contribution in [0.3, 0.4) is 0 Å². The van der Waals surface area contributed by atoms with Crippen molar-refractivity contribution in [3.63, 3.8) is 0 Å². The molecule has 0 N–H and O–H groups in total. The van der Waals surface area contributed by atoms with Crippen molar-refractivity contribution in [1.29, 1.82) is 0 Å². The van der Waals surface area contributed by atoms with Gasteiger partial charge in [-0.25, -0.2) is 0 Å². The second-order valence-corrected chi connectivity index (χ2v) is 10.2. The highest BCUT2D eigenvalue weighted by Crippen LogP contribution is 2.38. The SMILES string of the molecule is CN(C)C(=O)CN1CCN(C(=O)CSc2nnc(-c3ccccc3Cl)n2C2CCCC2)CC1. The van der Waals surface area contributed by atoms with Crippen molar-refractivity contribution in [3.05, 3.63) is 29.3 Å². The zero-order chi connectivity index (χ0) is 23.4. The maximum atomic E-state index is 12.9. The van der Waals surface area contributed by atoms with Gasteiger partial charge in [-0.15, -0.1) is 10.2 Å². The molecule has 0 spiro atoms. The molecule has 0 radical (unpaired) electrons. The highest BCUT2D eigenvalue weighted by molar-refractivity contribution is 7.99. The fraction of sp³-hybridized carbons (Fsp3) is 0.565. The molecule has 1 aliphatic carbocycles. The quantitative estimate of drug-likeness (QED) is 0.555. The Kier molecular flexibility index (Phi) is 7.93. The Balaban J connectivity index is 1.40. The van der Waals surface area contributed by atoms with E-state index in [2.05, 4.69) is 19.7 Å². The third-order valence-electron chi connectivity index (χ3n) is 6.38. The van der Waals surface area contributed by atoms with E-state index in [1.165, 1.54) is 24.6 Å². The number of carbonyl (C=O) groups is 2. The second-order valence-electron chi connectivity index (χ2n) is 8.83. The molecule has 1 saturated heterocycles. The number of carbonyl (C=O) groups excluding carboxylic acids is 2. The predicted molar refractivity (Wildman–Crippen MR) is 130 cm³/mol. The van der Waals surface area contributed by atoms with Crippen LogP contribution in [0.5, 0.6) is 0 Å². The number of thioether (sulfide) groups is 1. The summed E-state index contributed by atoms with van der Waals surface area (Å²) in [6, 6.07) is 8.04. The largest absolute Gasteiger partial charge is 0.348 e. The van der Waals surface area contributed by atoms with Crippen LogP contribution in [0, 0.1) is 0 Å². The smallest absolute Gasteiger partial charge is 0.236 e. The number of halogens is 1. The van der Waals surface area contributed by atoms with E-state index in [-0.39, 0.29) is 11.8 Å². The van der Waals surface area contributed by atoms with Crippen molar-refractivity contribution in [1.82, 2.24) is 29.5 Å².